The van der Waals surface area contributed by atoms with Crippen LogP contribution in [0.3, 0.4) is 0 Å². The molecule has 1 aliphatic rings. The Morgan fingerprint density at radius 3 is 2.61 bits per heavy atom. The minimum atomic E-state index is -0.382. The highest BCUT2D eigenvalue weighted by molar-refractivity contribution is 5.93. The van der Waals surface area contributed by atoms with Crippen LogP contribution in [0.4, 0.5) is 5.95 Å². The number of fused-ring (bicyclic) bond motifs is 1. The molecule has 0 aliphatic carbocycles. The number of nitrogens with zero attached hydrogens (tertiary/aromatic N) is 3. The molecule has 1 aromatic heterocycles. The molecule has 7 nitrogen and oxygen atoms in total. The van der Waals surface area contributed by atoms with E-state index < -0.39 is 0 Å². The number of aryl methyl sites for hydroxylation is 1. The zero-order valence-corrected chi connectivity index (χ0v) is 15.7. The van der Waals surface area contributed by atoms with Gasteiger partial charge < -0.3 is 10.1 Å². The molecule has 142 valence electrons. The Hall–Kier alpha value is -3.61. The quantitative estimate of drug-likeness (QED) is 0.733. The van der Waals surface area contributed by atoms with E-state index in [0.717, 1.165) is 16.9 Å². The topological polar surface area (TPSA) is 80.5 Å². The van der Waals surface area contributed by atoms with Gasteiger partial charge in [0.2, 0.25) is 5.95 Å². The summed E-state index contributed by atoms with van der Waals surface area (Å²) < 4.78 is 6.79. The summed E-state index contributed by atoms with van der Waals surface area (Å²) in [6, 6.07) is 19.1. The number of ether oxygens (including phenoxy) is 1. The van der Waals surface area contributed by atoms with Gasteiger partial charge in [-0.3, -0.25) is 14.7 Å². The van der Waals surface area contributed by atoms with E-state index >= 15 is 0 Å². The van der Waals surface area contributed by atoms with E-state index in [1.54, 1.807) is 18.6 Å². The average Bonchev–Trinajstić information content (AvgIpc) is 2.72. The molecule has 2 heterocycles. The lowest BCUT2D eigenvalue weighted by Gasteiger charge is -2.31. The maximum atomic E-state index is 12.6. The molecule has 0 saturated heterocycles. The van der Waals surface area contributed by atoms with Gasteiger partial charge in [-0.2, -0.15) is 0 Å². The largest absolute Gasteiger partial charge is 0.497 e. The van der Waals surface area contributed by atoms with E-state index in [1.807, 2.05) is 54.6 Å². The molecule has 7 heteroatoms. The van der Waals surface area contributed by atoms with Crippen molar-refractivity contribution in [2.45, 2.75) is 19.6 Å². The minimum Gasteiger partial charge on any atom is -0.497 e. The second-order valence-electron chi connectivity index (χ2n) is 6.52. The second-order valence-corrected chi connectivity index (χ2v) is 6.52. The van der Waals surface area contributed by atoms with Gasteiger partial charge >= 0.3 is 0 Å². The lowest BCUT2D eigenvalue weighted by atomic mass is 10.1. The SMILES string of the molecule is COc1ccc(CN=C2Nc3nc(C)cc(=O)n3[C@H](c3ccccc3)N2)cc1. The summed E-state index contributed by atoms with van der Waals surface area (Å²) in [4.78, 5) is 21.7. The first-order valence-electron chi connectivity index (χ1n) is 9.00. The molecular weight excluding hydrogens is 354 g/mol. The third-order valence-electron chi connectivity index (χ3n) is 4.54. The number of aromatic nitrogens is 2. The van der Waals surface area contributed by atoms with E-state index in [1.165, 1.54) is 6.07 Å². The summed E-state index contributed by atoms with van der Waals surface area (Å²) in [6.07, 6.45) is -0.382. The van der Waals surface area contributed by atoms with Gasteiger partial charge in [0.15, 0.2) is 5.96 Å². The molecule has 0 fully saturated rings. The van der Waals surface area contributed by atoms with E-state index in [-0.39, 0.29) is 11.7 Å². The summed E-state index contributed by atoms with van der Waals surface area (Å²) in [7, 11) is 1.64. The Kier molecular flexibility index (Phi) is 4.80. The van der Waals surface area contributed by atoms with Crippen LogP contribution in [0, 0.1) is 6.92 Å². The Labute approximate surface area is 162 Å². The van der Waals surface area contributed by atoms with Crippen LogP contribution in [0.5, 0.6) is 5.75 Å². The van der Waals surface area contributed by atoms with E-state index in [2.05, 4.69) is 20.6 Å². The smallest absolute Gasteiger partial charge is 0.257 e. The fraction of sp³-hybridized carbons (Fsp3) is 0.190. The maximum absolute atomic E-state index is 12.6. The van der Waals surface area contributed by atoms with E-state index in [4.69, 9.17) is 4.74 Å². The Morgan fingerprint density at radius 1 is 1.14 bits per heavy atom. The number of hydrogen-bond acceptors (Lipinski definition) is 4. The highest BCUT2D eigenvalue weighted by atomic mass is 16.5. The maximum Gasteiger partial charge on any atom is 0.257 e. The summed E-state index contributed by atoms with van der Waals surface area (Å²) in [5.74, 6) is 1.86. The van der Waals surface area contributed by atoms with Crippen LogP contribution >= 0.6 is 0 Å². The molecule has 0 amide bonds. The Morgan fingerprint density at radius 2 is 1.89 bits per heavy atom. The zero-order valence-electron chi connectivity index (χ0n) is 15.7. The van der Waals surface area contributed by atoms with Crippen molar-refractivity contribution in [1.82, 2.24) is 14.9 Å². The van der Waals surface area contributed by atoms with Crippen molar-refractivity contribution < 1.29 is 4.74 Å². The van der Waals surface area contributed by atoms with Crippen LogP contribution in [0.25, 0.3) is 0 Å². The van der Waals surface area contributed by atoms with Gasteiger partial charge in [-0.05, 0) is 30.2 Å². The number of rotatable bonds is 4. The van der Waals surface area contributed by atoms with Gasteiger partial charge in [0, 0.05) is 11.8 Å². The lowest BCUT2D eigenvalue weighted by molar-refractivity contribution is 0.414. The summed E-state index contributed by atoms with van der Waals surface area (Å²) in [5.41, 5.74) is 2.54. The number of aliphatic imine (C=N–C) groups is 1. The first kappa shape index (κ1) is 17.8. The van der Waals surface area contributed by atoms with E-state index in [9.17, 15) is 4.79 Å². The normalized spacial score (nSPS) is 16.8. The fourth-order valence-electron chi connectivity index (χ4n) is 3.13. The third kappa shape index (κ3) is 3.59. The predicted octanol–water partition coefficient (Wildman–Crippen LogP) is 2.68. The highest BCUT2D eigenvalue weighted by Crippen LogP contribution is 2.21. The molecule has 28 heavy (non-hydrogen) atoms. The van der Waals surface area contributed by atoms with Crippen molar-refractivity contribution in [2.75, 3.05) is 12.4 Å². The van der Waals surface area contributed by atoms with Gasteiger partial charge in [-0.25, -0.2) is 9.98 Å². The van der Waals surface area contributed by atoms with Crippen molar-refractivity contribution in [3.05, 3.63) is 87.8 Å². The average molecular weight is 375 g/mol. The highest BCUT2D eigenvalue weighted by Gasteiger charge is 2.26. The number of guanidine groups is 1. The standard InChI is InChI=1S/C21H21N5O2/c1-14-12-18(27)26-19(16-6-4-3-5-7-16)24-20(25-21(26)23-14)22-13-15-8-10-17(28-2)11-9-15/h3-12,19H,13H2,1-2H3,(H2,22,23,24,25)/t19-/m1/s1. The van der Waals surface area contributed by atoms with Crippen molar-refractivity contribution in [3.63, 3.8) is 0 Å². The summed E-state index contributed by atoms with van der Waals surface area (Å²) >= 11 is 0. The number of anilines is 1. The first-order chi connectivity index (χ1) is 13.6. The summed E-state index contributed by atoms with van der Waals surface area (Å²) in [6.45, 7) is 2.29. The van der Waals surface area contributed by atoms with Gasteiger partial charge in [0.25, 0.3) is 5.56 Å². The number of hydrogen-bond donors (Lipinski definition) is 2. The van der Waals surface area contributed by atoms with Crippen molar-refractivity contribution in [1.29, 1.82) is 0 Å². The molecule has 4 rings (SSSR count). The van der Waals surface area contributed by atoms with Gasteiger partial charge in [0.1, 0.15) is 11.9 Å². The number of methoxy groups -OCH3 is 1. The van der Waals surface area contributed by atoms with Crippen LogP contribution in [0.15, 0.2) is 70.5 Å². The zero-order chi connectivity index (χ0) is 19.5. The van der Waals surface area contributed by atoms with Gasteiger partial charge in [-0.1, -0.05) is 42.5 Å². The predicted molar refractivity (Wildman–Crippen MR) is 109 cm³/mol. The molecule has 0 unspecified atom stereocenters. The first-order valence-corrected chi connectivity index (χ1v) is 9.00. The number of nitrogens with one attached hydrogen (secondary N) is 2. The number of benzene rings is 2. The Balaban J connectivity index is 1.67. The van der Waals surface area contributed by atoms with Crippen LogP contribution in [0.2, 0.25) is 0 Å². The molecule has 0 radical (unpaired) electrons. The molecule has 0 saturated carbocycles. The third-order valence-corrected chi connectivity index (χ3v) is 4.54. The molecule has 0 spiro atoms. The Bertz CT molecular complexity index is 1060. The van der Waals surface area contributed by atoms with Crippen molar-refractivity contribution in [3.8, 4) is 5.75 Å². The van der Waals surface area contributed by atoms with Crippen LogP contribution in [-0.2, 0) is 6.54 Å². The molecule has 2 N–H and O–H groups in total. The molecule has 3 aromatic rings. The second kappa shape index (κ2) is 7.56. The van der Waals surface area contributed by atoms with Crippen molar-refractivity contribution >= 4 is 11.9 Å². The summed E-state index contributed by atoms with van der Waals surface area (Å²) in [5, 5.41) is 6.45. The van der Waals surface area contributed by atoms with Crippen molar-refractivity contribution in [2.24, 2.45) is 4.99 Å². The molecular formula is C21H21N5O2. The van der Waals surface area contributed by atoms with Gasteiger partial charge in [0.05, 0.1) is 13.7 Å². The van der Waals surface area contributed by atoms with Crippen LogP contribution < -0.4 is 20.9 Å². The fourth-order valence-corrected chi connectivity index (χ4v) is 3.13. The van der Waals surface area contributed by atoms with Crippen LogP contribution in [0.1, 0.15) is 23.0 Å². The lowest BCUT2D eigenvalue weighted by Crippen LogP contribution is -2.48. The monoisotopic (exact) mass is 375 g/mol. The minimum absolute atomic E-state index is 0.120. The van der Waals surface area contributed by atoms with Crippen LogP contribution in [-0.4, -0.2) is 22.6 Å². The molecule has 1 atom stereocenters. The molecule has 0 bridgehead atoms. The molecule has 1 aliphatic heterocycles. The molecule has 2 aromatic carbocycles. The van der Waals surface area contributed by atoms with Gasteiger partial charge in [-0.15, -0.1) is 0 Å². The van der Waals surface area contributed by atoms with E-state index in [0.29, 0.717) is 24.1 Å².